The number of likely N-dealkylation sites (tertiary alicyclic amines) is 1. The summed E-state index contributed by atoms with van der Waals surface area (Å²) < 4.78 is 0. The predicted molar refractivity (Wildman–Crippen MR) is 71.6 cm³/mol. The molecule has 2 fully saturated rings. The van der Waals surface area contributed by atoms with Gasteiger partial charge in [0, 0.05) is 24.8 Å². The van der Waals surface area contributed by atoms with Crippen molar-refractivity contribution in [2.75, 3.05) is 18.4 Å². The first-order valence-corrected chi connectivity index (χ1v) is 7.78. The summed E-state index contributed by atoms with van der Waals surface area (Å²) in [7, 11) is 0. The van der Waals surface area contributed by atoms with Crippen LogP contribution in [-0.2, 0) is 9.59 Å². The molecule has 0 aromatic rings. The Bertz CT molecular complexity index is 326. The monoisotopic (exact) mass is 317 g/mol. The number of nitrogens with zero attached hydrogens (tertiary/aromatic N) is 1. The number of aliphatic carboxylic acids is 1. The minimum absolute atomic E-state index is 0.161. The second kappa shape index (κ2) is 6.04. The molecule has 0 bridgehead atoms. The molecule has 0 radical (unpaired) electrons. The molecule has 0 aromatic heterocycles. The van der Waals surface area contributed by atoms with Gasteiger partial charge in [0.1, 0.15) is 0 Å². The van der Waals surface area contributed by atoms with Crippen LogP contribution in [0.25, 0.3) is 0 Å². The van der Waals surface area contributed by atoms with Crippen molar-refractivity contribution in [1.29, 1.82) is 0 Å². The molecule has 1 saturated carbocycles. The van der Waals surface area contributed by atoms with Gasteiger partial charge in [-0.3, -0.25) is 9.59 Å². The molecule has 102 valence electrons. The maximum absolute atomic E-state index is 11.8. The highest BCUT2D eigenvalue weighted by molar-refractivity contribution is 9.09. The van der Waals surface area contributed by atoms with Gasteiger partial charge in [-0.25, -0.2) is 0 Å². The number of hydrogen-bond acceptors (Lipinski definition) is 2. The van der Waals surface area contributed by atoms with Crippen molar-refractivity contribution in [3.63, 3.8) is 0 Å². The van der Waals surface area contributed by atoms with Crippen LogP contribution in [0.1, 0.15) is 32.1 Å². The zero-order valence-electron chi connectivity index (χ0n) is 10.5. The van der Waals surface area contributed by atoms with E-state index in [4.69, 9.17) is 5.11 Å². The van der Waals surface area contributed by atoms with E-state index in [0.29, 0.717) is 18.3 Å². The molecule has 1 amide bonds. The lowest BCUT2D eigenvalue weighted by molar-refractivity contribution is -0.143. The van der Waals surface area contributed by atoms with Crippen LogP contribution < -0.4 is 0 Å². The molecular formula is C13H20BrNO3. The van der Waals surface area contributed by atoms with Crippen molar-refractivity contribution in [3.8, 4) is 0 Å². The Morgan fingerprint density at radius 3 is 2.44 bits per heavy atom. The number of rotatable bonds is 4. The lowest BCUT2D eigenvalue weighted by atomic mass is 9.82. The van der Waals surface area contributed by atoms with Crippen molar-refractivity contribution >= 4 is 27.8 Å². The van der Waals surface area contributed by atoms with Crippen LogP contribution in [0.3, 0.4) is 0 Å². The van der Waals surface area contributed by atoms with E-state index >= 15 is 0 Å². The van der Waals surface area contributed by atoms with Gasteiger partial charge in [-0.1, -0.05) is 15.9 Å². The molecule has 2 aliphatic rings. The lowest BCUT2D eigenvalue weighted by Gasteiger charge is -2.29. The zero-order valence-corrected chi connectivity index (χ0v) is 12.1. The third-order valence-electron chi connectivity index (χ3n) is 4.19. The minimum Gasteiger partial charge on any atom is -0.481 e. The molecule has 1 unspecified atom stereocenters. The van der Waals surface area contributed by atoms with Gasteiger partial charge in [0.2, 0.25) is 5.91 Å². The summed E-state index contributed by atoms with van der Waals surface area (Å²) >= 11 is 3.44. The van der Waals surface area contributed by atoms with E-state index in [1.165, 1.54) is 0 Å². The van der Waals surface area contributed by atoms with Crippen LogP contribution in [0.2, 0.25) is 0 Å². The van der Waals surface area contributed by atoms with Gasteiger partial charge in [0.05, 0.1) is 5.92 Å². The molecule has 1 aliphatic heterocycles. The molecule has 0 aromatic carbocycles. The fourth-order valence-electron chi connectivity index (χ4n) is 3.04. The second-order valence-corrected chi connectivity index (χ2v) is 6.23. The highest BCUT2D eigenvalue weighted by atomic mass is 79.9. The van der Waals surface area contributed by atoms with Crippen LogP contribution in [0.5, 0.6) is 0 Å². The summed E-state index contributed by atoms with van der Waals surface area (Å²) in [6.45, 7) is 1.69. The van der Waals surface area contributed by atoms with Crippen molar-refractivity contribution in [2.45, 2.75) is 32.1 Å². The Kier molecular flexibility index (Phi) is 4.65. The fourth-order valence-corrected chi connectivity index (χ4v) is 3.47. The average Bonchev–Trinajstić information content (AvgIpc) is 2.71. The van der Waals surface area contributed by atoms with Crippen LogP contribution in [0, 0.1) is 17.8 Å². The Hall–Kier alpha value is -0.580. The molecule has 1 saturated heterocycles. The number of carbonyl (C=O) groups is 2. The van der Waals surface area contributed by atoms with Gasteiger partial charge >= 0.3 is 5.97 Å². The number of carbonyl (C=O) groups excluding carboxylic acids is 1. The maximum atomic E-state index is 11.8. The van der Waals surface area contributed by atoms with Gasteiger partial charge < -0.3 is 10.0 Å². The van der Waals surface area contributed by atoms with Crippen molar-refractivity contribution in [2.24, 2.45) is 17.8 Å². The van der Waals surface area contributed by atoms with E-state index in [-0.39, 0.29) is 11.8 Å². The summed E-state index contributed by atoms with van der Waals surface area (Å²) in [4.78, 5) is 24.6. The maximum Gasteiger partial charge on any atom is 0.306 e. The highest BCUT2D eigenvalue weighted by Crippen LogP contribution is 2.31. The zero-order chi connectivity index (χ0) is 13.1. The van der Waals surface area contributed by atoms with Crippen LogP contribution in [-0.4, -0.2) is 40.3 Å². The first kappa shape index (κ1) is 13.8. The van der Waals surface area contributed by atoms with E-state index in [1.54, 1.807) is 0 Å². The molecule has 2 rings (SSSR count). The van der Waals surface area contributed by atoms with Gasteiger partial charge in [-0.2, -0.15) is 0 Å². The number of hydrogen-bond donors (Lipinski definition) is 1. The number of amides is 1. The van der Waals surface area contributed by atoms with Crippen molar-refractivity contribution in [3.05, 3.63) is 0 Å². The van der Waals surface area contributed by atoms with Crippen molar-refractivity contribution in [1.82, 2.24) is 4.90 Å². The summed E-state index contributed by atoms with van der Waals surface area (Å²) in [5.74, 6) is 0.391. The number of alkyl halides is 1. The molecule has 1 heterocycles. The topological polar surface area (TPSA) is 57.6 Å². The molecular weight excluding hydrogens is 298 g/mol. The van der Waals surface area contributed by atoms with E-state index < -0.39 is 5.97 Å². The highest BCUT2D eigenvalue weighted by Gasteiger charge is 2.32. The third-order valence-corrected chi connectivity index (χ3v) is 5.10. The molecule has 0 spiro atoms. The van der Waals surface area contributed by atoms with Gasteiger partial charge in [-0.05, 0) is 37.5 Å². The first-order valence-electron chi connectivity index (χ1n) is 6.66. The van der Waals surface area contributed by atoms with Gasteiger partial charge in [-0.15, -0.1) is 0 Å². The van der Waals surface area contributed by atoms with Crippen LogP contribution in [0.4, 0.5) is 0 Å². The first-order chi connectivity index (χ1) is 8.60. The summed E-state index contributed by atoms with van der Waals surface area (Å²) in [5, 5.41) is 9.84. The summed E-state index contributed by atoms with van der Waals surface area (Å²) in [6.07, 6.45) is 4.09. The third kappa shape index (κ3) is 3.25. The second-order valence-electron chi connectivity index (χ2n) is 5.58. The fraction of sp³-hybridized carbons (Fsp3) is 0.846. The normalized spacial score (nSPS) is 32.8. The average molecular weight is 318 g/mol. The Labute approximate surface area is 116 Å². The smallest absolute Gasteiger partial charge is 0.306 e. The summed E-state index contributed by atoms with van der Waals surface area (Å²) in [5.41, 5.74) is 0. The van der Waals surface area contributed by atoms with Crippen molar-refractivity contribution < 1.29 is 14.7 Å². The molecule has 1 N–H and O–H groups in total. The lowest BCUT2D eigenvalue weighted by Crippen LogP contribution is -2.33. The molecule has 1 aliphatic carbocycles. The number of carboxylic acids is 1. The summed E-state index contributed by atoms with van der Waals surface area (Å²) in [6, 6.07) is 0. The molecule has 4 nitrogen and oxygen atoms in total. The Morgan fingerprint density at radius 1 is 1.28 bits per heavy atom. The Morgan fingerprint density at radius 2 is 1.94 bits per heavy atom. The van der Waals surface area contributed by atoms with E-state index in [2.05, 4.69) is 15.9 Å². The van der Waals surface area contributed by atoms with E-state index in [1.807, 2.05) is 4.90 Å². The molecule has 5 heteroatoms. The molecule has 1 atom stereocenters. The standard InChI is InChI=1S/C13H20BrNO3/c14-6-10-5-12(16)15(8-10)7-9-1-3-11(4-2-9)13(17)18/h9-11H,1-8H2,(H,17,18). The number of halogens is 1. The Balaban J connectivity index is 1.78. The predicted octanol–water partition coefficient (Wildman–Crippen LogP) is 2.12. The van der Waals surface area contributed by atoms with E-state index in [0.717, 1.165) is 44.1 Å². The number of carboxylic acid groups (broad SMARTS) is 1. The SMILES string of the molecule is O=C(O)C1CCC(CN2CC(CBr)CC2=O)CC1. The molecule has 18 heavy (non-hydrogen) atoms. The van der Waals surface area contributed by atoms with Gasteiger partial charge in [0.25, 0.3) is 0 Å². The van der Waals surface area contributed by atoms with Gasteiger partial charge in [0.15, 0.2) is 0 Å². The largest absolute Gasteiger partial charge is 0.481 e. The van der Waals surface area contributed by atoms with Crippen LogP contribution >= 0.6 is 15.9 Å². The van der Waals surface area contributed by atoms with Crippen LogP contribution in [0.15, 0.2) is 0 Å². The minimum atomic E-state index is -0.662. The quantitative estimate of drug-likeness (QED) is 0.808. The van der Waals surface area contributed by atoms with E-state index in [9.17, 15) is 9.59 Å².